The van der Waals surface area contributed by atoms with Crippen molar-refractivity contribution in [3.8, 4) is 6.07 Å². The molecular weight excluding hydrogens is 376 g/mol. The highest BCUT2D eigenvalue weighted by Gasteiger charge is 2.47. The normalized spacial score (nSPS) is 20.4. The van der Waals surface area contributed by atoms with Gasteiger partial charge < -0.3 is 15.7 Å². The molecule has 1 aromatic carbocycles. The Morgan fingerprint density at radius 1 is 1.31 bits per heavy atom. The van der Waals surface area contributed by atoms with Gasteiger partial charge in [0.25, 0.3) is 5.92 Å². The number of aliphatic hydroxyl groups is 1. The second kappa shape index (κ2) is 7.91. The molecule has 0 amide bonds. The number of nitrogens with zero attached hydrogens (tertiary/aromatic N) is 3. The largest absolute Gasteiger partial charge is 0.392 e. The first-order valence-electron chi connectivity index (χ1n) is 9.54. The topological polar surface area (TPSA) is 93.9 Å². The molecule has 1 aliphatic carbocycles. The molecule has 3 N–H and O–H groups in total. The molecule has 2 atom stereocenters. The first-order chi connectivity index (χ1) is 13.6. The van der Waals surface area contributed by atoms with Crippen LogP contribution in [0, 0.1) is 16.7 Å². The van der Waals surface area contributed by atoms with Crippen molar-refractivity contribution in [2.45, 2.75) is 51.7 Å². The van der Waals surface area contributed by atoms with Crippen molar-refractivity contribution in [3.05, 3.63) is 47.2 Å². The van der Waals surface area contributed by atoms with Gasteiger partial charge >= 0.3 is 0 Å². The third-order valence-corrected chi connectivity index (χ3v) is 5.59. The van der Waals surface area contributed by atoms with Crippen LogP contribution in [0.2, 0.25) is 0 Å². The Kier molecular flexibility index (Phi) is 5.71. The van der Waals surface area contributed by atoms with Gasteiger partial charge in [-0.05, 0) is 18.4 Å². The van der Waals surface area contributed by atoms with E-state index >= 15 is 0 Å². The van der Waals surface area contributed by atoms with Gasteiger partial charge in [0, 0.05) is 30.5 Å². The molecule has 1 fully saturated rings. The number of alkyl halides is 2. The number of aromatic nitrogens is 2. The van der Waals surface area contributed by atoms with Crippen LogP contribution in [0.15, 0.2) is 30.5 Å². The maximum absolute atomic E-state index is 13.3. The SMILES string of the molecule is CC(F)(F)c1ccc(CCNc2ncc(C#N)c(N[C@@H]3C[C@H](O)C3(C)C)n2)cc1. The van der Waals surface area contributed by atoms with Gasteiger partial charge in [-0.1, -0.05) is 38.1 Å². The van der Waals surface area contributed by atoms with Gasteiger partial charge in [0.05, 0.1) is 12.3 Å². The van der Waals surface area contributed by atoms with E-state index in [-0.39, 0.29) is 23.1 Å². The van der Waals surface area contributed by atoms with E-state index in [1.807, 2.05) is 13.8 Å². The van der Waals surface area contributed by atoms with Crippen LogP contribution in [0.5, 0.6) is 0 Å². The number of hydrogen-bond acceptors (Lipinski definition) is 6. The van der Waals surface area contributed by atoms with Gasteiger partial charge in [-0.15, -0.1) is 0 Å². The fraction of sp³-hybridized carbons (Fsp3) is 0.476. The van der Waals surface area contributed by atoms with Crippen molar-refractivity contribution in [3.63, 3.8) is 0 Å². The van der Waals surface area contributed by atoms with Gasteiger partial charge in [0.2, 0.25) is 5.95 Å². The van der Waals surface area contributed by atoms with E-state index in [2.05, 4.69) is 26.7 Å². The van der Waals surface area contributed by atoms with E-state index in [9.17, 15) is 19.1 Å². The van der Waals surface area contributed by atoms with Crippen molar-refractivity contribution < 1.29 is 13.9 Å². The third kappa shape index (κ3) is 4.62. The summed E-state index contributed by atoms with van der Waals surface area (Å²) in [4.78, 5) is 8.55. The molecule has 1 aliphatic rings. The van der Waals surface area contributed by atoms with Crippen LogP contribution in [0.4, 0.5) is 20.5 Å². The van der Waals surface area contributed by atoms with Crippen LogP contribution in [-0.2, 0) is 12.3 Å². The molecule has 1 heterocycles. The summed E-state index contributed by atoms with van der Waals surface area (Å²) in [5.41, 5.74) is 0.947. The van der Waals surface area contributed by atoms with E-state index in [1.165, 1.54) is 18.3 Å². The van der Waals surface area contributed by atoms with E-state index < -0.39 is 5.92 Å². The Hall–Kier alpha value is -2.79. The molecule has 0 radical (unpaired) electrons. The highest BCUT2D eigenvalue weighted by atomic mass is 19.3. The van der Waals surface area contributed by atoms with E-state index in [0.717, 1.165) is 12.5 Å². The maximum atomic E-state index is 13.3. The van der Waals surface area contributed by atoms with Crippen molar-refractivity contribution in [2.75, 3.05) is 17.2 Å². The number of aliphatic hydroxyl groups excluding tert-OH is 1. The molecule has 154 valence electrons. The number of hydrogen-bond donors (Lipinski definition) is 3. The number of rotatable bonds is 7. The number of anilines is 2. The van der Waals surface area contributed by atoms with Crippen LogP contribution in [-0.4, -0.2) is 33.8 Å². The number of halogens is 2. The summed E-state index contributed by atoms with van der Waals surface area (Å²) in [6.07, 6.45) is 2.28. The number of nitriles is 1. The molecule has 8 heteroatoms. The molecule has 0 spiro atoms. The molecule has 29 heavy (non-hydrogen) atoms. The molecule has 0 saturated heterocycles. The van der Waals surface area contributed by atoms with Crippen LogP contribution < -0.4 is 10.6 Å². The second-order valence-corrected chi connectivity index (χ2v) is 8.10. The van der Waals surface area contributed by atoms with Gasteiger partial charge in [0.15, 0.2) is 0 Å². The molecular formula is C21H25F2N5O. The third-order valence-electron chi connectivity index (χ3n) is 5.59. The van der Waals surface area contributed by atoms with E-state index in [1.54, 1.807) is 12.1 Å². The zero-order valence-electron chi connectivity index (χ0n) is 16.7. The summed E-state index contributed by atoms with van der Waals surface area (Å²) in [6.45, 7) is 5.32. The number of nitrogens with one attached hydrogen (secondary N) is 2. The molecule has 0 aliphatic heterocycles. The van der Waals surface area contributed by atoms with Gasteiger partial charge in [0.1, 0.15) is 17.5 Å². The van der Waals surface area contributed by atoms with Gasteiger partial charge in [-0.2, -0.15) is 10.2 Å². The standard InChI is InChI=1S/C21H25F2N5O/c1-20(2)16(10-17(20)29)27-18-14(11-24)12-26-19(28-18)25-9-8-13-4-6-15(7-5-13)21(3,22)23/h4-7,12,16-17,29H,8-10H2,1-3H3,(H2,25,26,27,28)/t16-,17+/m1/s1. The quantitative estimate of drug-likeness (QED) is 0.655. The zero-order valence-corrected chi connectivity index (χ0v) is 16.7. The Bertz CT molecular complexity index is 903. The molecule has 3 rings (SSSR count). The molecule has 0 bridgehead atoms. The monoisotopic (exact) mass is 401 g/mol. The summed E-state index contributed by atoms with van der Waals surface area (Å²) in [5, 5.41) is 25.5. The van der Waals surface area contributed by atoms with E-state index in [4.69, 9.17) is 0 Å². The Morgan fingerprint density at radius 3 is 2.55 bits per heavy atom. The van der Waals surface area contributed by atoms with Crippen LogP contribution in [0.3, 0.4) is 0 Å². The minimum atomic E-state index is -2.85. The zero-order chi connectivity index (χ0) is 21.2. The average molecular weight is 401 g/mol. The predicted octanol–water partition coefficient (Wildman–Crippen LogP) is 3.69. The average Bonchev–Trinajstić information content (AvgIpc) is 2.68. The van der Waals surface area contributed by atoms with Crippen molar-refractivity contribution >= 4 is 11.8 Å². The summed E-state index contributed by atoms with van der Waals surface area (Å²) in [5.74, 6) is -2.04. The summed E-state index contributed by atoms with van der Waals surface area (Å²) >= 11 is 0. The lowest BCUT2D eigenvalue weighted by Crippen LogP contribution is -2.57. The fourth-order valence-corrected chi connectivity index (χ4v) is 3.25. The molecule has 1 saturated carbocycles. The Labute approximate surface area is 169 Å². The van der Waals surface area contributed by atoms with Crippen LogP contribution in [0.25, 0.3) is 0 Å². The van der Waals surface area contributed by atoms with Crippen LogP contribution in [0.1, 0.15) is 43.9 Å². The minimum absolute atomic E-state index is 0.00983. The maximum Gasteiger partial charge on any atom is 0.270 e. The lowest BCUT2D eigenvalue weighted by Gasteiger charge is -2.49. The van der Waals surface area contributed by atoms with Gasteiger partial charge in [-0.25, -0.2) is 13.8 Å². The molecule has 0 unspecified atom stereocenters. The number of benzene rings is 1. The molecule has 6 nitrogen and oxygen atoms in total. The highest BCUT2D eigenvalue weighted by molar-refractivity contribution is 5.54. The fourth-order valence-electron chi connectivity index (χ4n) is 3.25. The Balaban J connectivity index is 1.61. The first-order valence-corrected chi connectivity index (χ1v) is 9.54. The van der Waals surface area contributed by atoms with Crippen molar-refractivity contribution in [1.29, 1.82) is 5.26 Å². The first kappa shape index (κ1) is 20.9. The van der Waals surface area contributed by atoms with E-state index in [0.29, 0.717) is 36.7 Å². The molecule has 1 aromatic heterocycles. The lowest BCUT2D eigenvalue weighted by molar-refractivity contribution is -0.0511. The Morgan fingerprint density at radius 2 is 2.00 bits per heavy atom. The predicted molar refractivity (Wildman–Crippen MR) is 107 cm³/mol. The van der Waals surface area contributed by atoms with Crippen molar-refractivity contribution in [2.24, 2.45) is 5.41 Å². The second-order valence-electron chi connectivity index (χ2n) is 8.10. The van der Waals surface area contributed by atoms with Crippen molar-refractivity contribution in [1.82, 2.24) is 9.97 Å². The summed E-state index contributed by atoms with van der Waals surface area (Å²) in [7, 11) is 0. The molecule has 2 aromatic rings. The lowest BCUT2D eigenvalue weighted by atomic mass is 9.64. The summed E-state index contributed by atoms with van der Waals surface area (Å²) < 4.78 is 26.6. The van der Waals surface area contributed by atoms with Gasteiger partial charge in [-0.3, -0.25) is 0 Å². The smallest absolute Gasteiger partial charge is 0.270 e. The highest BCUT2D eigenvalue weighted by Crippen LogP contribution is 2.42. The van der Waals surface area contributed by atoms with Crippen LogP contribution >= 0.6 is 0 Å². The minimum Gasteiger partial charge on any atom is -0.392 e. The summed E-state index contributed by atoms with van der Waals surface area (Å²) in [6, 6.07) is 8.33.